The first kappa shape index (κ1) is 37.1. The molecule has 2 aromatic rings. The predicted molar refractivity (Wildman–Crippen MR) is 191 cm³/mol. The summed E-state index contributed by atoms with van der Waals surface area (Å²) < 4.78 is 0. The molecule has 0 radical (unpaired) electrons. The lowest BCUT2D eigenvalue weighted by Gasteiger charge is -2.55. The summed E-state index contributed by atoms with van der Waals surface area (Å²) in [7, 11) is 0. The van der Waals surface area contributed by atoms with Crippen LogP contribution in [0.15, 0.2) is 24.3 Å². The first-order valence-electron chi connectivity index (χ1n) is 17.1. The molecular formula is C41H65NO3. The van der Waals surface area contributed by atoms with Crippen molar-refractivity contribution >= 4 is 5.78 Å². The molecule has 0 bridgehead atoms. The maximum absolute atomic E-state index is 13.9. The van der Waals surface area contributed by atoms with Gasteiger partial charge in [0.1, 0.15) is 17.3 Å². The zero-order valence-corrected chi connectivity index (χ0v) is 31.7. The van der Waals surface area contributed by atoms with Crippen LogP contribution in [-0.2, 0) is 39.4 Å². The summed E-state index contributed by atoms with van der Waals surface area (Å²) in [5, 5.41) is 22.4. The van der Waals surface area contributed by atoms with Crippen LogP contribution in [0, 0.1) is 5.92 Å². The minimum atomic E-state index is -0.191. The van der Waals surface area contributed by atoms with E-state index in [0.717, 1.165) is 47.2 Å². The van der Waals surface area contributed by atoms with E-state index < -0.39 is 0 Å². The Labute approximate surface area is 276 Å². The average molecular weight is 620 g/mol. The number of phenolic OH excluding ortho intramolecular Hbond substituents is 2. The highest BCUT2D eigenvalue weighted by atomic mass is 16.3. The Hall–Kier alpha value is -2.33. The van der Waals surface area contributed by atoms with Crippen LogP contribution in [0.3, 0.4) is 0 Å². The number of aromatic hydroxyl groups is 2. The Bertz CT molecular complexity index is 1310. The molecule has 45 heavy (non-hydrogen) atoms. The van der Waals surface area contributed by atoms with Crippen LogP contribution in [0.1, 0.15) is 163 Å². The van der Waals surface area contributed by atoms with Crippen LogP contribution < -0.4 is 0 Å². The number of piperidine rings is 1. The smallest absolute Gasteiger partial charge is 0.136 e. The van der Waals surface area contributed by atoms with Crippen molar-refractivity contribution in [1.29, 1.82) is 0 Å². The zero-order valence-electron chi connectivity index (χ0n) is 31.7. The SMILES string of the molecule is CC(C)(C)c1cc(CCC(=O)C2CC(C)(C)N(Cc3cc(C(C)(C)C)c(O)c(C(C)(C)C)c3)C(C)(C)C2)cc(C(C)(C)C)c1O. The minimum Gasteiger partial charge on any atom is -0.507 e. The van der Waals surface area contributed by atoms with E-state index in [4.69, 9.17) is 0 Å². The summed E-state index contributed by atoms with van der Waals surface area (Å²) in [6.45, 7) is 35.7. The summed E-state index contributed by atoms with van der Waals surface area (Å²) in [6, 6.07) is 8.62. The Morgan fingerprint density at radius 3 is 1.27 bits per heavy atom. The van der Waals surface area contributed by atoms with E-state index in [-0.39, 0.29) is 38.7 Å². The fraction of sp³-hybridized carbons (Fsp3) is 0.683. The third kappa shape index (κ3) is 8.34. The van der Waals surface area contributed by atoms with Crippen LogP contribution in [-0.4, -0.2) is 32.0 Å². The van der Waals surface area contributed by atoms with Gasteiger partial charge in [-0.3, -0.25) is 9.69 Å². The second-order valence-electron chi connectivity index (χ2n) is 19.4. The van der Waals surface area contributed by atoms with Gasteiger partial charge >= 0.3 is 0 Å². The average Bonchev–Trinajstić information content (AvgIpc) is 2.82. The van der Waals surface area contributed by atoms with Gasteiger partial charge in [0.15, 0.2) is 0 Å². The monoisotopic (exact) mass is 619 g/mol. The lowest BCUT2D eigenvalue weighted by molar-refractivity contribution is -0.132. The molecule has 2 N–H and O–H groups in total. The molecule has 0 aromatic heterocycles. The van der Waals surface area contributed by atoms with E-state index in [1.165, 1.54) is 5.56 Å². The molecule has 0 unspecified atom stereocenters. The number of phenols is 2. The number of nitrogens with zero attached hydrogens (tertiary/aromatic N) is 1. The maximum Gasteiger partial charge on any atom is 0.136 e. The Morgan fingerprint density at radius 1 is 0.644 bits per heavy atom. The zero-order chi connectivity index (χ0) is 34.7. The molecule has 1 aliphatic heterocycles. The van der Waals surface area contributed by atoms with Gasteiger partial charge in [0.25, 0.3) is 0 Å². The lowest BCUT2D eigenvalue weighted by Crippen LogP contribution is -2.60. The first-order valence-corrected chi connectivity index (χ1v) is 17.1. The Kier molecular flexibility index (Phi) is 9.93. The van der Waals surface area contributed by atoms with Crippen molar-refractivity contribution in [3.8, 4) is 11.5 Å². The number of Topliss-reactive ketones (excluding diaryl/α,β-unsaturated/α-hetero) is 1. The number of ketones is 1. The van der Waals surface area contributed by atoms with E-state index in [1.807, 2.05) is 0 Å². The summed E-state index contributed by atoms with van der Waals surface area (Å²) in [5.74, 6) is 1.15. The van der Waals surface area contributed by atoms with Crippen LogP contribution in [0.4, 0.5) is 0 Å². The molecular weight excluding hydrogens is 554 g/mol. The highest BCUT2D eigenvalue weighted by Crippen LogP contribution is 2.46. The molecule has 1 heterocycles. The molecule has 252 valence electrons. The molecule has 0 spiro atoms. The number of likely N-dealkylation sites (tertiary alicyclic amines) is 1. The summed E-state index contributed by atoms with van der Waals surface area (Å²) >= 11 is 0. The molecule has 2 aromatic carbocycles. The second kappa shape index (κ2) is 12.0. The molecule has 1 saturated heterocycles. The quantitative estimate of drug-likeness (QED) is 0.338. The predicted octanol–water partition coefficient (Wildman–Crippen LogP) is 10.3. The van der Waals surface area contributed by atoms with E-state index in [0.29, 0.717) is 30.1 Å². The standard InChI is InChI=1S/C41H65NO3/c1-36(2,3)29-19-26(20-30(34(29)44)37(4,5)6)17-18-33(43)28-23-40(13,14)42(41(15,16)24-28)25-27-21-31(38(7,8)9)35(45)32(22-27)39(10,11)12/h19-22,28,44-45H,17-18,23-25H2,1-16H3. The minimum absolute atomic E-state index is 0.00243. The molecule has 4 nitrogen and oxygen atoms in total. The van der Waals surface area contributed by atoms with Gasteiger partial charge in [-0.05, 0) is 102 Å². The van der Waals surface area contributed by atoms with Gasteiger partial charge < -0.3 is 10.2 Å². The molecule has 1 aliphatic rings. The van der Waals surface area contributed by atoms with Crippen molar-refractivity contribution in [2.24, 2.45) is 5.92 Å². The van der Waals surface area contributed by atoms with E-state index in [9.17, 15) is 15.0 Å². The second-order valence-corrected chi connectivity index (χ2v) is 19.4. The largest absolute Gasteiger partial charge is 0.507 e. The van der Waals surface area contributed by atoms with E-state index >= 15 is 0 Å². The summed E-state index contributed by atoms with van der Waals surface area (Å²) in [6.07, 6.45) is 2.84. The fourth-order valence-corrected chi connectivity index (χ4v) is 7.54. The Balaban J connectivity index is 1.87. The maximum atomic E-state index is 13.9. The van der Waals surface area contributed by atoms with Gasteiger partial charge in [-0.2, -0.15) is 0 Å². The molecule has 1 fully saturated rings. The van der Waals surface area contributed by atoms with Gasteiger partial charge in [-0.1, -0.05) is 107 Å². The number of carbonyl (C=O) groups excluding carboxylic acids is 1. The lowest BCUT2D eigenvalue weighted by atomic mass is 9.71. The van der Waals surface area contributed by atoms with E-state index in [2.05, 4.69) is 140 Å². The highest BCUT2D eigenvalue weighted by Gasteiger charge is 2.47. The Morgan fingerprint density at radius 2 is 0.956 bits per heavy atom. The van der Waals surface area contributed by atoms with Gasteiger partial charge in [0.2, 0.25) is 0 Å². The molecule has 0 saturated carbocycles. The van der Waals surface area contributed by atoms with Crippen LogP contribution in [0.2, 0.25) is 0 Å². The molecule has 3 rings (SSSR count). The van der Waals surface area contributed by atoms with Gasteiger partial charge in [0.05, 0.1) is 0 Å². The summed E-state index contributed by atoms with van der Waals surface area (Å²) in [5.41, 5.74) is 5.13. The third-order valence-corrected chi connectivity index (χ3v) is 9.98. The van der Waals surface area contributed by atoms with Crippen molar-refractivity contribution in [3.05, 3.63) is 57.6 Å². The molecule has 0 atom stereocenters. The molecule has 0 amide bonds. The van der Waals surface area contributed by atoms with Crippen molar-refractivity contribution in [3.63, 3.8) is 0 Å². The number of carbonyl (C=O) groups is 1. The van der Waals surface area contributed by atoms with Crippen molar-refractivity contribution in [2.45, 2.75) is 176 Å². The number of rotatable bonds is 6. The van der Waals surface area contributed by atoms with Gasteiger partial charge in [-0.15, -0.1) is 0 Å². The van der Waals surface area contributed by atoms with Crippen molar-refractivity contribution < 1.29 is 15.0 Å². The van der Waals surface area contributed by atoms with Crippen LogP contribution >= 0.6 is 0 Å². The number of aryl methyl sites for hydroxylation is 1. The number of benzene rings is 2. The van der Waals surface area contributed by atoms with Crippen molar-refractivity contribution in [2.75, 3.05) is 0 Å². The third-order valence-electron chi connectivity index (χ3n) is 9.98. The molecule has 0 aliphatic carbocycles. The normalized spacial score (nSPS) is 18.3. The highest BCUT2D eigenvalue weighted by molar-refractivity contribution is 5.81. The van der Waals surface area contributed by atoms with Crippen LogP contribution in [0.25, 0.3) is 0 Å². The fourth-order valence-electron chi connectivity index (χ4n) is 7.54. The molecule has 4 heteroatoms. The first-order chi connectivity index (χ1) is 20.1. The van der Waals surface area contributed by atoms with Crippen LogP contribution in [0.5, 0.6) is 11.5 Å². The van der Waals surface area contributed by atoms with E-state index in [1.54, 1.807) is 0 Å². The number of hydrogen-bond donors (Lipinski definition) is 2. The number of hydrogen-bond acceptors (Lipinski definition) is 4. The van der Waals surface area contributed by atoms with Gasteiger partial charge in [0, 0.05) is 30.0 Å². The summed E-state index contributed by atoms with van der Waals surface area (Å²) in [4.78, 5) is 16.5. The topological polar surface area (TPSA) is 60.8 Å². The van der Waals surface area contributed by atoms with Gasteiger partial charge in [-0.25, -0.2) is 0 Å². The van der Waals surface area contributed by atoms with Crippen molar-refractivity contribution in [1.82, 2.24) is 4.90 Å².